The van der Waals surface area contributed by atoms with Crippen LogP contribution in [0.1, 0.15) is 32.3 Å². The van der Waals surface area contributed by atoms with Gasteiger partial charge in [0.1, 0.15) is 0 Å². The molecule has 1 aromatic carbocycles. The number of benzene rings is 1. The molecule has 1 aliphatic rings. The normalized spacial score (nSPS) is 15.2. The average molecular weight is 303 g/mol. The van der Waals surface area contributed by atoms with Crippen LogP contribution in [0.25, 0.3) is 0 Å². The Bertz CT molecular complexity index is 523. The van der Waals surface area contributed by atoms with E-state index in [4.69, 9.17) is 0 Å². The molecule has 5 nitrogen and oxygen atoms in total. The van der Waals surface area contributed by atoms with E-state index in [1.165, 1.54) is 0 Å². The molecule has 2 rings (SSSR count). The molecular formula is C17H25N3O2. The molecule has 0 heterocycles. The molecule has 2 N–H and O–H groups in total. The molecule has 0 aromatic heterocycles. The van der Waals surface area contributed by atoms with Crippen LogP contribution in [0.3, 0.4) is 0 Å². The highest BCUT2D eigenvalue weighted by atomic mass is 16.2. The highest BCUT2D eigenvalue weighted by molar-refractivity contribution is 5.92. The topological polar surface area (TPSA) is 61.4 Å². The molecule has 2 amide bonds. The molecule has 0 aliphatic heterocycles. The lowest BCUT2D eigenvalue weighted by molar-refractivity contribution is -0.130. The van der Waals surface area contributed by atoms with Crippen molar-refractivity contribution >= 4 is 17.5 Å². The van der Waals surface area contributed by atoms with Gasteiger partial charge >= 0.3 is 0 Å². The van der Waals surface area contributed by atoms with Crippen molar-refractivity contribution in [2.75, 3.05) is 18.9 Å². The number of carbonyl (C=O) groups excluding carboxylic acids is 2. The Balaban J connectivity index is 1.92. The summed E-state index contributed by atoms with van der Waals surface area (Å²) in [5.41, 5.74) is 1.88. The third-order valence-corrected chi connectivity index (χ3v) is 3.92. The van der Waals surface area contributed by atoms with Crippen LogP contribution >= 0.6 is 0 Å². The van der Waals surface area contributed by atoms with E-state index in [1.54, 1.807) is 6.92 Å². The minimum Gasteiger partial charge on any atom is -0.336 e. The van der Waals surface area contributed by atoms with Crippen LogP contribution in [0.15, 0.2) is 24.3 Å². The highest BCUT2D eigenvalue weighted by Crippen LogP contribution is 2.28. The SMILES string of the molecule is CNCC(C)C(=O)Nc1ccc(CN(C(C)=O)C2CC2)cc1. The summed E-state index contributed by atoms with van der Waals surface area (Å²) in [5.74, 6) is 0.0546. The molecule has 0 spiro atoms. The third kappa shape index (κ3) is 4.56. The van der Waals surface area contributed by atoms with Crippen LogP contribution in [0.4, 0.5) is 5.69 Å². The van der Waals surface area contributed by atoms with Crippen molar-refractivity contribution in [3.05, 3.63) is 29.8 Å². The largest absolute Gasteiger partial charge is 0.336 e. The van der Waals surface area contributed by atoms with Crippen molar-refractivity contribution in [2.45, 2.75) is 39.3 Å². The first-order valence-corrected chi connectivity index (χ1v) is 7.83. The van der Waals surface area contributed by atoms with Crippen molar-refractivity contribution < 1.29 is 9.59 Å². The first kappa shape index (κ1) is 16.5. The zero-order valence-corrected chi connectivity index (χ0v) is 13.6. The molecule has 1 unspecified atom stereocenters. The second kappa shape index (κ2) is 7.40. The zero-order chi connectivity index (χ0) is 16.1. The van der Waals surface area contributed by atoms with Gasteiger partial charge in [0.05, 0.1) is 0 Å². The van der Waals surface area contributed by atoms with E-state index < -0.39 is 0 Å². The van der Waals surface area contributed by atoms with E-state index >= 15 is 0 Å². The molecule has 0 bridgehead atoms. The summed E-state index contributed by atoms with van der Waals surface area (Å²) in [6.07, 6.45) is 2.22. The minimum absolute atomic E-state index is 0.00504. The summed E-state index contributed by atoms with van der Waals surface area (Å²) in [6.45, 7) is 4.81. The van der Waals surface area contributed by atoms with Gasteiger partial charge in [0, 0.05) is 37.7 Å². The summed E-state index contributed by atoms with van der Waals surface area (Å²) in [4.78, 5) is 25.5. The Hall–Kier alpha value is -1.88. The first-order chi connectivity index (χ1) is 10.5. The highest BCUT2D eigenvalue weighted by Gasteiger charge is 2.30. The maximum absolute atomic E-state index is 11.9. The molecule has 5 heteroatoms. The van der Waals surface area contributed by atoms with Crippen LogP contribution in [-0.2, 0) is 16.1 Å². The molecule has 22 heavy (non-hydrogen) atoms. The van der Waals surface area contributed by atoms with Gasteiger partial charge in [-0.25, -0.2) is 0 Å². The van der Waals surface area contributed by atoms with Crippen molar-refractivity contribution in [1.82, 2.24) is 10.2 Å². The standard InChI is InChI=1S/C17H25N3O2/c1-12(10-18-3)17(22)19-15-6-4-14(5-7-15)11-20(13(2)21)16-8-9-16/h4-7,12,16,18H,8-11H2,1-3H3,(H,19,22). The Kier molecular flexibility index (Phi) is 5.55. The first-order valence-electron chi connectivity index (χ1n) is 7.83. The van der Waals surface area contributed by atoms with E-state index in [1.807, 2.05) is 43.1 Å². The summed E-state index contributed by atoms with van der Waals surface area (Å²) in [5, 5.41) is 5.90. The quantitative estimate of drug-likeness (QED) is 0.810. The number of anilines is 1. The Morgan fingerprint density at radius 1 is 1.27 bits per heavy atom. The van der Waals surface area contributed by atoms with Gasteiger partial charge in [-0.05, 0) is 37.6 Å². The van der Waals surface area contributed by atoms with Crippen molar-refractivity contribution in [3.8, 4) is 0 Å². The van der Waals surface area contributed by atoms with E-state index in [-0.39, 0.29) is 17.7 Å². The second-order valence-electron chi connectivity index (χ2n) is 6.02. The van der Waals surface area contributed by atoms with Gasteiger partial charge in [-0.3, -0.25) is 9.59 Å². The fourth-order valence-electron chi connectivity index (χ4n) is 2.44. The van der Waals surface area contributed by atoms with Gasteiger partial charge in [0.2, 0.25) is 11.8 Å². The van der Waals surface area contributed by atoms with Gasteiger partial charge in [0.15, 0.2) is 0 Å². The number of hydrogen-bond donors (Lipinski definition) is 2. The lowest BCUT2D eigenvalue weighted by Crippen LogP contribution is -2.30. The number of nitrogens with one attached hydrogen (secondary N) is 2. The summed E-state index contributed by atoms with van der Waals surface area (Å²) < 4.78 is 0. The predicted molar refractivity (Wildman–Crippen MR) is 87.4 cm³/mol. The third-order valence-electron chi connectivity index (χ3n) is 3.92. The molecule has 1 fully saturated rings. The van der Waals surface area contributed by atoms with E-state index in [2.05, 4.69) is 10.6 Å². The fraction of sp³-hybridized carbons (Fsp3) is 0.529. The number of hydrogen-bond acceptors (Lipinski definition) is 3. The Labute approximate surface area is 132 Å². The van der Waals surface area contributed by atoms with Crippen LogP contribution in [0.5, 0.6) is 0 Å². The molecule has 0 saturated heterocycles. The monoisotopic (exact) mass is 303 g/mol. The van der Waals surface area contributed by atoms with Crippen LogP contribution < -0.4 is 10.6 Å². The molecule has 1 aromatic rings. The molecule has 1 saturated carbocycles. The lowest BCUT2D eigenvalue weighted by atomic mass is 10.1. The summed E-state index contributed by atoms with van der Waals surface area (Å²) in [7, 11) is 1.83. The maximum atomic E-state index is 11.9. The van der Waals surface area contributed by atoms with Crippen LogP contribution in [0.2, 0.25) is 0 Å². The lowest BCUT2D eigenvalue weighted by Gasteiger charge is -2.20. The van der Waals surface area contributed by atoms with Crippen LogP contribution in [0, 0.1) is 5.92 Å². The average Bonchev–Trinajstić information content (AvgIpc) is 3.30. The maximum Gasteiger partial charge on any atom is 0.228 e. The van der Waals surface area contributed by atoms with Crippen molar-refractivity contribution in [1.29, 1.82) is 0 Å². The van der Waals surface area contributed by atoms with E-state index in [9.17, 15) is 9.59 Å². The number of rotatable bonds is 7. The van der Waals surface area contributed by atoms with E-state index in [0.29, 0.717) is 19.1 Å². The summed E-state index contributed by atoms with van der Waals surface area (Å²) in [6, 6.07) is 8.14. The molecule has 1 atom stereocenters. The van der Waals surface area contributed by atoms with Gasteiger partial charge in [0.25, 0.3) is 0 Å². The molecule has 0 radical (unpaired) electrons. The van der Waals surface area contributed by atoms with Gasteiger partial charge in [-0.15, -0.1) is 0 Å². The number of amides is 2. The van der Waals surface area contributed by atoms with Crippen molar-refractivity contribution in [3.63, 3.8) is 0 Å². The molecule has 1 aliphatic carbocycles. The van der Waals surface area contributed by atoms with Crippen LogP contribution in [-0.4, -0.2) is 36.3 Å². The molecule has 120 valence electrons. The predicted octanol–water partition coefficient (Wildman–Crippen LogP) is 1.99. The number of carbonyl (C=O) groups is 2. The fourth-order valence-corrected chi connectivity index (χ4v) is 2.44. The molecular weight excluding hydrogens is 278 g/mol. The smallest absolute Gasteiger partial charge is 0.228 e. The van der Waals surface area contributed by atoms with Gasteiger partial charge in [-0.2, -0.15) is 0 Å². The van der Waals surface area contributed by atoms with Gasteiger partial charge < -0.3 is 15.5 Å². The Morgan fingerprint density at radius 3 is 2.41 bits per heavy atom. The second-order valence-corrected chi connectivity index (χ2v) is 6.02. The Morgan fingerprint density at radius 2 is 1.91 bits per heavy atom. The van der Waals surface area contributed by atoms with Gasteiger partial charge in [-0.1, -0.05) is 19.1 Å². The minimum atomic E-state index is -0.0762. The number of nitrogens with zero attached hydrogens (tertiary/aromatic N) is 1. The zero-order valence-electron chi connectivity index (χ0n) is 13.6. The van der Waals surface area contributed by atoms with E-state index in [0.717, 1.165) is 24.1 Å². The van der Waals surface area contributed by atoms with Crippen molar-refractivity contribution in [2.24, 2.45) is 5.92 Å². The summed E-state index contributed by atoms with van der Waals surface area (Å²) >= 11 is 0.